The molecule has 1 amide bonds. The van der Waals surface area contributed by atoms with Crippen LogP contribution in [-0.2, 0) is 28.9 Å². The molecule has 0 aliphatic carbocycles. The topological polar surface area (TPSA) is 75.3 Å². The average Bonchev–Trinajstić information content (AvgIpc) is 3.03. The number of aromatic nitrogens is 2. The van der Waals surface area contributed by atoms with Gasteiger partial charge in [-0.3, -0.25) is 9.89 Å². The number of nitrogens with zero attached hydrogens (tertiary/aromatic N) is 2. The summed E-state index contributed by atoms with van der Waals surface area (Å²) in [6, 6.07) is 8.25. The van der Waals surface area contributed by atoms with Gasteiger partial charge >= 0.3 is 5.97 Å². The normalized spacial score (nSPS) is 13.5. The minimum absolute atomic E-state index is 0.121. The molecule has 0 bridgehead atoms. The van der Waals surface area contributed by atoms with Gasteiger partial charge in [-0.05, 0) is 25.3 Å². The summed E-state index contributed by atoms with van der Waals surface area (Å²) in [5.74, 6) is -0.318. The number of carbonyl (C=O) groups excluding carboxylic acids is 2. The maximum atomic E-state index is 12.4. The molecule has 0 atom stereocenters. The van der Waals surface area contributed by atoms with Gasteiger partial charge in [0.1, 0.15) is 0 Å². The Hall–Kier alpha value is -2.63. The molecule has 1 aromatic carbocycles. The van der Waals surface area contributed by atoms with Crippen molar-refractivity contribution in [3.05, 3.63) is 52.3 Å². The zero-order valence-corrected chi connectivity index (χ0v) is 14.0. The summed E-state index contributed by atoms with van der Waals surface area (Å²) in [7, 11) is 1.34. The van der Waals surface area contributed by atoms with Crippen LogP contribution < -0.4 is 0 Å². The second-order valence-electron chi connectivity index (χ2n) is 6.07. The Morgan fingerprint density at radius 1 is 1.29 bits per heavy atom. The fourth-order valence-corrected chi connectivity index (χ4v) is 2.96. The van der Waals surface area contributed by atoms with E-state index in [2.05, 4.69) is 34.5 Å². The van der Waals surface area contributed by atoms with Gasteiger partial charge in [-0.25, -0.2) is 4.79 Å². The molecule has 1 N–H and O–H groups in total. The minimum atomic E-state index is -0.438. The summed E-state index contributed by atoms with van der Waals surface area (Å²) in [6.07, 6.45) is 1.84. The Balaban J connectivity index is 1.60. The molecule has 6 nitrogen and oxygen atoms in total. The average molecular weight is 327 g/mol. The first-order chi connectivity index (χ1) is 11.6. The summed E-state index contributed by atoms with van der Waals surface area (Å²) < 4.78 is 4.73. The molecule has 0 saturated heterocycles. The largest absolute Gasteiger partial charge is 0.464 e. The number of carbonyl (C=O) groups is 2. The Morgan fingerprint density at radius 3 is 2.75 bits per heavy atom. The lowest BCUT2D eigenvalue weighted by atomic mass is 10.0. The molecule has 1 aliphatic rings. The van der Waals surface area contributed by atoms with E-state index < -0.39 is 5.97 Å². The third kappa shape index (κ3) is 3.32. The van der Waals surface area contributed by atoms with Gasteiger partial charge in [-0.1, -0.05) is 29.8 Å². The molecule has 0 radical (unpaired) electrons. The van der Waals surface area contributed by atoms with Crippen LogP contribution in [0.15, 0.2) is 24.3 Å². The standard InChI is InChI=1S/C18H21N3O3/c1-12-3-5-13(6-4-12)7-8-16(22)21-10-9-14-15(11-21)19-20-17(14)18(23)24-2/h3-6H,7-11H2,1-2H3,(H,19,20). The molecular weight excluding hydrogens is 306 g/mol. The van der Waals surface area contributed by atoms with Crippen LogP contribution in [-0.4, -0.2) is 40.6 Å². The third-order valence-electron chi connectivity index (χ3n) is 4.41. The van der Waals surface area contributed by atoms with Gasteiger partial charge in [-0.2, -0.15) is 5.10 Å². The van der Waals surface area contributed by atoms with Crippen molar-refractivity contribution in [2.75, 3.05) is 13.7 Å². The molecule has 24 heavy (non-hydrogen) atoms. The first kappa shape index (κ1) is 16.2. The smallest absolute Gasteiger partial charge is 0.358 e. The summed E-state index contributed by atoms with van der Waals surface area (Å²) >= 11 is 0. The maximum absolute atomic E-state index is 12.4. The Morgan fingerprint density at radius 2 is 2.04 bits per heavy atom. The van der Waals surface area contributed by atoms with Gasteiger partial charge in [0, 0.05) is 18.5 Å². The quantitative estimate of drug-likeness (QED) is 0.872. The van der Waals surface area contributed by atoms with Crippen LogP contribution in [0.3, 0.4) is 0 Å². The summed E-state index contributed by atoms with van der Waals surface area (Å²) in [5.41, 5.74) is 4.41. The van der Waals surface area contributed by atoms with E-state index in [0.717, 1.165) is 17.7 Å². The number of amides is 1. The molecule has 2 aromatic rings. The number of ether oxygens (including phenoxy) is 1. The van der Waals surface area contributed by atoms with Crippen LogP contribution in [0.1, 0.15) is 39.3 Å². The van der Waals surface area contributed by atoms with Crippen LogP contribution in [0.5, 0.6) is 0 Å². The Kier molecular flexibility index (Phi) is 4.64. The van der Waals surface area contributed by atoms with E-state index in [0.29, 0.717) is 31.6 Å². The van der Waals surface area contributed by atoms with Crippen LogP contribution in [0.25, 0.3) is 0 Å². The molecular formula is C18H21N3O3. The number of hydrogen-bond donors (Lipinski definition) is 1. The molecule has 0 saturated carbocycles. The van der Waals surface area contributed by atoms with Crippen molar-refractivity contribution in [1.29, 1.82) is 0 Å². The van der Waals surface area contributed by atoms with Gasteiger partial charge in [0.05, 0.1) is 19.3 Å². The lowest BCUT2D eigenvalue weighted by Gasteiger charge is -2.26. The van der Waals surface area contributed by atoms with Crippen molar-refractivity contribution in [2.45, 2.75) is 32.7 Å². The van der Waals surface area contributed by atoms with E-state index in [4.69, 9.17) is 4.74 Å². The molecule has 0 unspecified atom stereocenters. The summed E-state index contributed by atoms with van der Waals surface area (Å²) in [6.45, 7) is 3.11. The second-order valence-corrected chi connectivity index (χ2v) is 6.07. The highest BCUT2D eigenvalue weighted by atomic mass is 16.5. The first-order valence-electron chi connectivity index (χ1n) is 8.06. The molecule has 2 heterocycles. The van der Waals surface area contributed by atoms with Crippen molar-refractivity contribution >= 4 is 11.9 Å². The number of hydrogen-bond acceptors (Lipinski definition) is 4. The third-order valence-corrected chi connectivity index (χ3v) is 4.41. The highest BCUT2D eigenvalue weighted by molar-refractivity contribution is 5.89. The maximum Gasteiger partial charge on any atom is 0.358 e. The number of rotatable bonds is 4. The first-order valence-corrected chi connectivity index (χ1v) is 8.06. The van der Waals surface area contributed by atoms with Crippen molar-refractivity contribution in [3.63, 3.8) is 0 Å². The van der Waals surface area contributed by atoms with E-state index >= 15 is 0 Å². The van der Waals surface area contributed by atoms with Crippen molar-refractivity contribution in [1.82, 2.24) is 15.1 Å². The monoisotopic (exact) mass is 327 g/mol. The van der Waals surface area contributed by atoms with Crippen molar-refractivity contribution in [3.8, 4) is 0 Å². The SMILES string of the molecule is COC(=O)c1n[nH]c2c1CCN(C(=O)CCc1ccc(C)cc1)C2. The summed E-state index contributed by atoms with van der Waals surface area (Å²) in [4.78, 5) is 25.9. The number of aromatic amines is 1. The fourth-order valence-electron chi connectivity index (χ4n) is 2.96. The minimum Gasteiger partial charge on any atom is -0.464 e. The van der Waals surface area contributed by atoms with Gasteiger partial charge in [0.2, 0.25) is 5.91 Å². The van der Waals surface area contributed by atoms with E-state index in [-0.39, 0.29) is 5.91 Å². The lowest BCUT2D eigenvalue weighted by Crippen LogP contribution is -2.36. The highest BCUT2D eigenvalue weighted by Crippen LogP contribution is 2.21. The molecule has 1 aliphatic heterocycles. The van der Waals surface area contributed by atoms with Crippen LogP contribution in [0.4, 0.5) is 0 Å². The van der Waals surface area contributed by atoms with E-state index in [1.807, 2.05) is 11.8 Å². The molecule has 0 fully saturated rings. The summed E-state index contributed by atoms with van der Waals surface area (Å²) in [5, 5.41) is 6.89. The van der Waals surface area contributed by atoms with E-state index in [1.54, 1.807) is 0 Å². The Bertz CT molecular complexity index is 749. The van der Waals surface area contributed by atoms with Crippen LogP contribution >= 0.6 is 0 Å². The Labute approximate surface area is 140 Å². The van der Waals surface area contributed by atoms with Gasteiger partial charge < -0.3 is 9.64 Å². The second kappa shape index (κ2) is 6.86. The number of aryl methyl sites for hydroxylation is 2. The molecule has 6 heteroatoms. The van der Waals surface area contributed by atoms with Crippen molar-refractivity contribution in [2.24, 2.45) is 0 Å². The number of nitrogens with one attached hydrogen (secondary N) is 1. The van der Waals surface area contributed by atoms with Crippen LogP contribution in [0.2, 0.25) is 0 Å². The molecule has 126 valence electrons. The molecule has 1 aromatic heterocycles. The van der Waals surface area contributed by atoms with Gasteiger partial charge in [0.15, 0.2) is 5.69 Å². The molecule has 3 rings (SSSR count). The van der Waals surface area contributed by atoms with Gasteiger partial charge in [0.25, 0.3) is 0 Å². The van der Waals surface area contributed by atoms with Crippen LogP contribution in [0, 0.1) is 6.92 Å². The van der Waals surface area contributed by atoms with Crippen molar-refractivity contribution < 1.29 is 14.3 Å². The zero-order valence-electron chi connectivity index (χ0n) is 14.0. The fraction of sp³-hybridized carbons (Fsp3) is 0.389. The zero-order chi connectivity index (χ0) is 17.1. The number of esters is 1. The predicted octanol–water partition coefficient (Wildman–Crippen LogP) is 2.02. The number of H-pyrrole nitrogens is 1. The molecule has 0 spiro atoms. The van der Waals surface area contributed by atoms with Gasteiger partial charge in [-0.15, -0.1) is 0 Å². The van der Waals surface area contributed by atoms with E-state index in [9.17, 15) is 9.59 Å². The lowest BCUT2D eigenvalue weighted by molar-refractivity contribution is -0.132. The number of fused-ring (bicyclic) bond motifs is 1. The number of benzene rings is 1. The number of methoxy groups -OCH3 is 1. The van der Waals surface area contributed by atoms with E-state index in [1.165, 1.54) is 18.2 Å². The highest BCUT2D eigenvalue weighted by Gasteiger charge is 2.27. The predicted molar refractivity (Wildman–Crippen MR) is 88.5 cm³/mol.